The Bertz CT molecular complexity index is 717. The summed E-state index contributed by atoms with van der Waals surface area (Å²) >= 11 is 5.93. The second-order valence-electron chi connectivity index (χ2n) is 4.53. The first-order valence-corrected chi connectivity index (χ1v) is 6.44. The van der Waals surface area contributed by atoms with E-state index in [1.54, 1.807) is 18.2 Å². The van der Waals surface area contributed by atoms with E-state index in [1.807, 2.05) is 0 Å². The third-order valence-electron chi connectivity index (χ3n) is 3.10. The topological polar surface area (TPSA) is 87.5 Å². The van der Waals surface area contributed by atoms with Crippen molar-refractivity contribution >= 4 is 23.5 Å². The molecule has 6 heteroatoms. The Morgan fingerprint density at radius 1 is 1.05 bits per heavy atom. The van der Waals surface area contributed by atoms with E-state index in [4.69, 9.17) is 11.6 Å². The number of halogens is 1. The average molecular weight is 306 g/mol. The molecule has 0 fully saturated rings. The summed E-state index contributed by atoms with van der Waals surface area (Å²) in [6.07, 6.45) is 0. The summed E-state index contributed by atoms with van der Waals surface area (Å²) in [5.41, 5.74) is 0.842. The molecule has 1 heterocycles. The van der Waals surface area contributed by atoms with E-state index in [1.165, 1.54) is 19.9 Å². The van der Waals surface area contributed by atoms with Crippen molar-refractivity contribution in [3.05, 3.63) is 51.8 Å². The van der Waals surface area contributed by atoms with Gasteiger partial charge >= 0.3 is 11.9 Å². The second kappa shape index (κ2) is 5.54. The molecule has 1 aromatic heterocycles. The van der Waals surface area contributed by atoms with Gasteiger partial charge in [0.05, 0.1) is 22.5 Å². The van der Waals surface area contributed by atoms with Gasteiger partial charge in [-0.15, -0.1) is 0 Å². The van der Waals surface area contributed by atoms with Crippen molar-refractivity contribution in [3.63, 3.8) is 0 Å². The number of hydrogen-bond acceptors (Lipinski definition) is 3. The minimum absolute atomic E-state index is 0.125. The molecule has 0 unspecified atom stereocenters. The van der Waals surface area contributed by atoms with Gasteiger partial charge in [-0.2, -0.15) is 0 Å². The number of nitrogens with zero attached hydrogens (tertiary/aromatic N) is 1. The molecule has 2 rings (SSSR count). The average Bonchev–Trinajstić information content (AvgIpc) is 2.36. The maximum Gasteiger partial charge on any atom is 0.338 e. The largest absolute Gasteiger partial charge is 0.478 e. The Kier molecular flexibility index (Phi) is 3.95. The third kappa shape index (κ3) is 2.73. The van der Waals surface area contributed by atoms with Crippen LogP contribution in [-0.2, 0) is 0 Å². The van der Waals surface area contributed by atoms with E-state index in [2.05, 4.69) is 4.98 Å². The molecule has 2 N–H and O–H groups in total. The fourth-order valence-corrected chi connectivity index (χ4v) is 2.50. The summed E-state index contributed by atoms with van der Waals surface area (Å²) in [4.78, 5) is 27.1. The van der Waals surface area contributed by atoms with Crippen molar-refractivity contribution in [2.45, 2.75) is 13.8 Å². The number of rotatable bonds is 3. The van der Waals surface area contributed by atoms with Crippen LogP contribution in [0.4, 0.5) is 0 Å². The molecule has 0 spiro atoms. The van der Waals surface area contributed by atoms with Gasteiger partial charge in [0.25, 0.3) is 0 Å². The van der Waals surface area contributed by atoms with Gasteiger partial charge in [0.1, 0.15) is 0 Å². The lowest BCUT2D eigenvalue weighted by atomic mass is 9.92. The Hall–Kier alpha value is -2.40. The molecule has 0 saturated carbocycles. The van der Waals surface area contributed by atoms with E-state index < -0.39 is 11.9 Å². The molecule has 2 aromatic rings. The van der Waals surface area contributed by atoms with Crippen molar-refractivity contribution in [1.29, 1.82) is 0 Å². The van der Waals surface area contributed by atoms with Crippen LogP contribution in [-0.4, -0.2) is 27.1 Å². The quantitative estimate of drug-likeness (QED) is 0.907. The number of pyridine rings is 1. The number of carboxylic acids is 2. The van der Waals surface area contributed by atoms with Crippen molar-refractivity contribution in [2.75, 3.05) is 0 Å². The van der Waals surface area contributed by atoms with Gasteiger partial charge in [-0.3, -0.25) is 4.98 Å². The summed E-state index contributed by atoms with van der Waals surface area (Å²) in [5, 5.41) is 19.2. The minimum Gasteiger partial charge on any atom is -0.478 e. The SMILES string of the molecule is Cc1nc(C)c(C(=O)O)c(-c2cccc(Cl)c2)c1C(=O)O. The highest BCUT2D eigenvalue weighted by atomic mass is 35.5. The molecule has 1 aromatic carbocycles. The number of carboxylic acid groups (broad SMARTS) is 2. The summed E-state index contributed by atoms with van der Waals surface area (Å²) in [6.45, 7) is 3.08. The molecule has 0 aliphatic heterocycles. The minimum atomic E-state index is -1.22. The number of aromatic carboxylic acids is 2. The summed E-state index contributed by atoms with van der Waals surface area (Å²) in [5.74, 6) is -2.45. The Balaban J connectivity index is 2.95. The van der Waals surface area contributed by atoms with Crippen LogP contribution in [0, 0.1) is 13.8 Å². The van der Waals surface area contributed by atoms with Crippen molar-refractivity contribution in [2.24, 2.45) is 0 Å². The normalized spacial score (nSPS) is 10.4. The highest BCUT2D eigenvalue weighted by Crippen LogP contribution is 2.32. The molecule has 21 heavy (non-hydrogen) atoms. The number of benzene rings is 1. The molecule has 108 valence electrons. The fraction of sp³-hybridized carbons (Fsp3) is 0.133. The van der Waals surface area contributed by atoms with E-state index in [9.17, 15) is 19.8 Å². The lowest BCUT2D eigenvalue weighted by Crippen LogP contribution is -2.13. The standard InChI is InChI=1S/C15H12ClNO4/c1-7-11(14(18)19)13(9-4-3-5-10(16)6-9)12(15(20)21)8(2)17-7/h3-6H,1-2H3,(H,18,19)(H,20,21). The van der Waals surface area contributed by atoms with Crippen LogP contribution in [0.3, 0.4) is 0 Å². The first-order valence-electron chi connectivity index (χ1n) is 6.06. The van der Waals surface area contributed by atoms with Gasteiger partial charge in [0.2, 0.25) is 0 Å². The van der Waals surface area contributed by atoms with E-state index >= 15 is 0 Å². The molecule has 5 nitrogen and oxygen atoms in total. The highest BCUT2D eigenvalue weighted by molar-refractivity contribution is 6.31. The first kappa shape index (κ1) is 15.0. The molecule has 0 atom stereocenters. The van der Waals surface area contributed by atoms with Crippen LogP contribution in [0.5, 0.6) is 0 Å². The molecule has 0 amide bonds. The van der Waals surface area contributed by atoms with Crippen LogP contribution in [0.25, 0.3) is 11.1 Å². The molecular weight excluding hydrogens is 294 g/mol. The van der Waals surface area contributed by atoms with E-state index in [0.717, 1.165) is 0 Å². The van der Waals surface area contributed by atoms with Crippen LogP contribution in [0.15, 0.2) is 24.3 Å². The van der Waals surface area contributed by atoms with Gasteiger partial charge in [-0.25, -0.2) is 9.59 Å². The van der Waals surface area contributed by atoms with Crippen molar-refractivity contribution in [3.8, 4) is 11.1 Å². The molecule has 0 bridgehead atoms. The monoisotopic (exact) mass is 305 g/mol. The lowest BCUT2D eigenvalue weighted by Gasteiger charge is -2.14. The van der Waals surface area contributed by atoms with Gasteiger partial charge in [0.15, 0.2) is 0 Å². The number of carbonyl (C=O) groups is 2. The maximum absolute atomic E-state index is 11.5. The lowest BCUT2D eigenvalue weighted by molar-refractivity contribution is 0.0695. The summed E-state index contributed by atoms with van der Waals surface area (Å²) < 4.78 is 0. The number of aryl methyl sites for hydroxylation is 2. The zero-order valence-electron chi connectivity index (χ0n) is 11.3. The van der Waals surface area contributed by atoms with Crippen molar-refractivity contribution in [1.82, 2.24) is 4.98 Å². The zero-order valence-corrected chi connectivity index (χ0v) is 12.1. The summed E-state index contributed by atoms with van der Waals surface area (Å²) in [7, 11) is 0. The first-order chi connectivity index (χ1) is 9.82. The van der Waals surface area contributed by atoms with Gasteiger partial charge in [0, 0.05) is 10.6 Å². The van der Waals surface area contributed by atoms with Gasteiger partial charge in [-0.05, 0) is 31.5 Å². The number of hydrogen-bond donors (Lipinski definition) is 2. The van der Waals surface area contributed by atoms with E-state index in [-0.39, 0.29) is 28.1 Å². The molecule has 0 aliphatic rings. The zero-order chi connectivity index (χ0) is 15.7. The van der Waals surface area contributed by atoms with Crippen molar-refractivity contribution < 1.29 is 19.8 Å². The maximum atomic E-state index is 11.5. The second-order valence-corrected chi connectivity index (χ2v) is 4.96. The summed E-state index contributed by atoms with van der Waals surface area (Å²) in [6, 6.07) is 6.43. The van der Waals surface area contributed by atoms with Gasteiger partial charge < -0.3 is 10.2 Å². The highest BCUT2D eigenvalue weighted by Gasteiger charge is 2.25. The van der Waals surface area contributed by atoms with Crippen LogP contribution < -0.4 is 0 Å². The molecule has 0 radical (unpaired) electrons. The molecular formula is C15H12ClNO4. The van der Waals surface area contributed by atoms with Crippen LogP contribution >= 0.6 is 11.6 Å². The fourth-order valence-electron chi connectivity index (χ4n) is 2.31. The predicted octanol–water partition coefficient (Wildman–Crippen LogP) is 3.42. The number of aromatic nitrogens is 1. The van der Waals surface area contributed by atoms with E-state index in [0.29, 0.717) is 10.6 Å². The Labute approximate surface area is 125 Å². The Morgan fingerprint density at radius 2 is 1.57 bits per heavy atom. The van der Waals surface area contributed by atoms with Crippen LogP contribution in [0.2, 0.25) is 5.02 Å². The van der Waals surface area contributed by atoms with Crippen LogP contribution in [0.1, 0.15) is 32.1 Å². The predicted molar refractivity (Wildman–Crippen MR) is 78.1 cm³/mol. The third-order valence-corrected chi connectivity index (χ3v) is 3.34. The molecule has 0 saturated heterocycles. The molecule has 0 aliphatic carbocycles. The Morgan fingerprint density at radius 3 is 2.00 bits per heavy atom. The smallest absolute Gasteiger partial charge is 0.338 e. The van der Waals surface area contributed by atoms with Gasteiger partial charge in [-0.1, -0.05) is 23.7 Å².